The Balaban J connectivity index is 1.32. The van der Waals surface area contributed by atoms with Crippen LogP contribution in [0.4, 0.5) is 23.5 Å². The van der Waals surface area contributed by atoms with Gasteiger partial charge in [-0.05, 0) is 68.4 Å². The van der Waals surface area contributed by atoms with E-state index in [1.807, 2.05) is 6.07 Å². The number of anilines is 3. The first-order valence-corrected chi connectivity index (χ1v) is 13.7. The highest BCUT2D eigenvalue weighted by Gasteiger charge is 2.20. The number of benzene rings is 2. The molecule has 0 bridgehead atoms. The van der Waals surface area contributed by atoms with Gasteiger partial charge >= 0.3 is 0 Å². The van der Waals surface area contributed by atoms with Crippen LogP contribution in [0.5, 0.6) is 11.5 Å². The highest BCUT2D eigenvalue weighted by Crippen LogP contribution is 2.30. The molecule has 0 atom stereocenters. The lowest BCUT2D eigenvalue weighted by molar-refractivity contribution is -0.385. The lowest BCUT2D eigenvalue weighted by atomic mass is 10.1. The predicted octanol–water partition coefficient (Wildman–Crippen LogP) is 4.79. The smallest absolute Gasteiger partial charge is 0.276 e. The molecule has 12 heteroatoms. The summed E-state index contributed by atoms with van der Waals surface area (Å²) in [5.41, 5.74) is 4.21. The van der Waals surface area contributed by atoms with Gasteiger partial charge < -0.3 is 19.3 Å². The first-order valence-electron chi connectivity index (χ1n) is 13.7. The fourth-order valence-corrected chi connectivity index (χ4v) is 4.89. The third-order valence-electron chi connectivity index (χ3n) is 7.03. The van der Waals surface area contributed by atoms with E-state index >= 15 is 0 Å². The largest absolute Gasteiger partial charge is 0.493 e. The quantitative estimate of drug-likeness (QED) is 0.215. The predicted molar refractivity (Wildman–Crippen MR) is 154 cm³/mol. The number of hydrogen-bond donors (Lipinski definition) is 1. The SMILES string of the molecule is COc1ccc(/C=N/Nc2nc(N3CCCCC3)nc(N3CCCCC3)n2)cc1OCc1ccccc1[N+](=O)[O-]. The minimum absolute atomic E-state index is 0.00794. The topological polar surface area (TPSA) is 131 Å². The van der Waals surface area contributed by atoms with Crippen molar-refractivity contribution in [2.75, 3.05) is 48.5 Å². The molecule has 1 N–H and O–H groups in total. The van der Waals surface area contributed by atoms with Crippen LogP contribution in [-0.4, -0.2) is 59.4 Å². The van der Waals surface area contributed by atoms with Gasteiger partial charge in [0.1, 0.15) is 6.61 Å². The van der Waals surface area contributed by atoms with Crippen LogP contribution in [0.3, 0.4) is 0 Å². The van der Waals surface area contributed by atoms with Crippen molar-refractivity contribution in [2.45, 2.75) is 45.1 Å². The molecule has 0 spiro atoms. The number of nitro groups is 1. The van der Waals surface area contributed by atoms with Crippen molar-refractivity contribution in [2.24, 2.45) is 5.10 Å². The van der Waals surface area contributed by atoms with Crippen molar-refractivity contribution in [1.29, 1.82) is 0 Å². The number of hydrogen-bond acceptors (Lipinski definition) is 11. The molecule has 0 amide bonds. The zero-order chi connectivity index (χ0) is 27.7. The minimum Gasteiger partial charge on any atom is -0.493 e. The molecule has 0 unspecified atom stereocenters. The van der Waals surface area contributed by atoms with Gasteiger partial charge in [0.25, 0.3) is 5.69 Å². The van der Waals surface area contributed by atoms with Crippen molar-refractivity contribution in [3.05, 3.63) is 63.7 Å². The molecule has 2 saturated heterocycles. The van der Waals surface area contributed by atoms with Gasteiger partial charge in [0, 0.05) is 32.2 Å². The first-order chi connectivity index (χ1) is 19.6. The lowest BCUT2D eigenvalue weighted by Crippen LogP contribution is -2.34. The molecule has 3 aromatic rings. The number of nitrogens with one attached hydrogen (secondary N) is 1. The number of para-hydroxylation sites is 1. The van der Waals surface area contributed by atoms with Crippen LogP contribution in [0.15, 0.2) is 47.6 Å². The maximum Gasteiger partial charge on any atom is 0.276 e. The Labute approximate surface area is 233 Å². The molecule has 3 heterocycles. The molecule has 0 radical (unpaired) electrons. The van der Waals surface area contributed by atoms with E-state index in [4.69, 9.17) is 14.5 Å². The Morgan fingerprint density at radius 1 is 0.925 bits per heavy atom. The summed E-state index contributed by atoms with van der Waals surface area (Å²) in [6.07, 6.45) is 8.62. The fraction of sp³-hybridized carbons (Fsp3) is 0.429. The van der Waals surface area contributed by atoms with Crippen LogP contribution in [0, 0.1) is 10.1 Å². The summed E-state index contributed by atoms with van der Waals surface area (Å²) in [6, 6.07) is 11.9. The van der Waals surface area contributed by atoms with E-state index in [0.29, 0.717) is 34.9 Å². The molecule has 210 valence electrons. The van der Waals surface area contributed by atoms with Crippen molar-refractivity contribution in [3.63, 3.8) is 0 Å². The van der Waals surface area contributed by atoms with Crippen LogP contribution >= 0.6 is 0 Å². The Kier molecular flexibility index (Phi) is 8.84. The van der Waals surface area contributed by atoms with E-state index < -0.39 is 4.92 Å². The molecule has 1 aromatic heterocycles. The van der Waals surface area contributed by atoms with E-state index in [1.165, 1.54) is 18.9 Å². The van der Waals surface area contributed by atoms with E-state index in [1.54, 1.807) is 43.7 Å². The Hall–Kier alpha value is -4.48. The molecular formula is C28H34N8O4. The molecule has 0 saturated carbocycles. The summed E-state index contributed by atoms with van der Waals surface area (Å²) in [7, 11) is 1.54. The van der Waals surface area contributed by atoms with Gasteiger partial charge in [-0.15, -0.1) is 0 Å². The second kappa shape index (κ2) is 13.0. The standard InChI is InChI=1S/C28H34N8O4/c1-39-24-13-12-21(18-25(24)40-20-22-10-4-5-11-23(22)36(37)38)19-29-33-26-30-27(34-14-6-2-7-15-34)32-28(31-26)35-16-8-3-9-17-35/h4-5,10-13,18-19H,2-3,6-9,14-17,20H2,1H3,(H,30,31,32,33)/b29-19+. The van der Waals surface area contributed by atoms with Crippen molar-refractivity contribution < 1.29 is 14.4 Å². The molecular weight excluding hydrogens is 512 g/mol. The Morgan fingerprint density at radius 2 is 1.57 bits per heavy atom. The van der Waals surface area contributed by atoms with Gasteiger partial charge in [-0.2, -0.15) is 20.1 Å². The first kappa shape index (κ1) is 27.1. The number of nitrogens with zero attached hydrogens (tertiary/aromatic N) is 7. The fourth-order valence-electron chi connectivity index (χ4n) is 4.89. The number of hydrazone groups is 1. The average molecular weight is 547 g/mol. The third-order valence-corrected chi connectivity index (χ3v) is 7.03. The van der Waals surface area contributed by atoms with Crippen LogP contribution in [0.2, 0.25) is 0 Å². The zero-order valence-corrected chi connectivity index (χ0v) is 22.7. The third kappa shape index (κ3) is 6.74. The number of nitro benzene ring substituents is 1. The molecule has 2 aliphatic heterocycles. The summed E-state index contributed by atoms with van der Waals surface area (Å²) in [5.74, 6) is 2.73. The van der Waals surface area contributed by atoms with Gasteiger partial charge in [-0.1, -0.05) is 12.1 Å². The highest BCUT2D eigenvalue weighted by molar-refractivity contribution is 5.81. The van der Waals surface area contributed by atoms with Crippen molar-refractivity contribution >= 4 is 29.7 Å². The molecule has 5 rings (SSSR count). The van der Waals surface area contributed by atoms with E-state index in [2.05, 4.69) is 30.3 Å². The van der Waals surface area contributed by atoms with Crippen LogP contribution < -0.4 is 24.7 Å². The van der Waals surface area contributed by atoms with Crippen LogP contribution in [0.25, 0.3) is 0 Å². The van der Waals surface area contributed by atoms with Gasteiger partial charge in [-0.25, -0.2) is 5.43 Å². The van der Waals surface area contributed by atoms with E-state index in [9.17, 15) is 10.1 Å². The summed E-state index contributed by atoms with van der Waals surface area (Å²) in [5, 5.41) is 15.7. The molecule has 2 aliphatic rings. The second-order valence-corrected chi connectivity index (χ2v) is 9.81. The number of ether oxygens (including phenoxy) is 2. The number of methoxy groups -OCH3 is 1. The Bertz CT molecular complexity index is 1300. The van der Waals surface area contributed by atoms with Gasteiger partial charge in [0.15, 0.2) is 11.5 Å². The van der Waals surface area contributed by atoms with Crippen LogP contribution in [0.1, 0.15) is 49.7 Å². The zero-order valence-electron chi connectivity index (χ0n) is 22.7. The van der Waals surface area contributed by atoms with E-state index in [0.717, 1.165) is 57.4 Å². The van der Waals surface area contributed by atoms with Gasteiger partial charge in [-0.3, -0.25) is 10.1 Å². The molecule has 2 fully saturated rings. The maximum absolute atomic E-state index is 11.3. The van der Waals surface area contributed by atoms with E-state index in [-0.39, 0.29) is 12.3 Å². The average Bonchev–Trinajstić information content (AvgIpc) is 3.01. The second-order valence-electron chi connectivity index (χ2n) is 9.81. The molecule has 12 nitrogen and oxygen atoms in total. The summed E-state index contributed by atoms with van der Waals surface area (Å²) in [6.45, 7) is 3.77. The van der Waals surface area contributed by atoms with Gasteiger partial charge in [0.05, 0.1) is 23.8 Å². The number of piperidine rings is 2. The summed E-state index contributed by atoms with van der Waals surface area (Å²) >= 11 is 0. The Morgan fingerprint density at radius 3 is 2.20 bits per heavy atom. The molecule has 0 aliphatic carbocycles. The maximum atomic E-state index is 11.3. The molecule has 2 aromatic carbocycles. The summed E-state index contributed by atoms with van der Waals surface area (Å²) < 4.78 is 11.3. The number of aromatic nitrogens is 3. The number of rotatable bonds is 10. The highest BCUT2D eigenvalue weighted by atomic mass is 16.6. The van der Waals surface area contributed by atoms with Gasteiger partial charge in [0.2, 0.25) is 17.8 Å². The van der Waals surface area contributed by atoms with Crippen molar-refractivity contribution in [3.8, 4) is 11.5 Å². The molecule has 40 heavy (non-hydrogen) atoms. The summed E-state index contributed by atoms with van der Waals surface area (Å²) in [4.78, 5) is 29.5. The minimum atomic E-state index is -0.417. The normalized spacial score (nSPS) is 15.7. The van der Waals surface area contributed by atoms with Crippen LogP contribution in [-0.2, 0) is 6.61 Å². The van der Waals surface area contributed by atoms with Crippen molar-refractivity contribution in [1.82, 2.24) is 15.0 Å². The lowest BCUT2D eigenvalue weighted by Gasteiger charge is -2.30. The monoisotopic (exact) mass is 546 g/mol.